The molecule has 100 valence electrons. The van der Waals surface area contributed by atoms with Crippen LogP contribution >= 0.6 is 11.8 Å². The first-order valence-electron chi connectivity index (χ1n) is 6.14. The Morgan fingerprint density at radius 3 is 2.70 bits per heavy atom. The van der Waals surface area contributed by atoms with Gasteiger partial charge in [0, 0.05) is 0 Å². The van der Waals surface area contributed by atoms with Gasteiger partial charge in [-0.05, 0) is 23.3 Å². The minimum Gasteiger partial charge on any atom is -0.440 e. The number of hydrogen-bond donors (Lipinski definition) is 2. The molecule has 2 aromatic carbocycles. The van der Waals surface area contributed by atoms with Crippen molar-refractivity contribution in [1.82, 2.24) is 4.98 Å². The van der Waals surface area contributed by atoms with E-state index >= 15 is 0 Å². The van der Waals surface area contributed by atoms with Crippen molar-refractivity contribution in [1.29, 1.82) is 5.41 Å². The highest BCUT2D eigenvalue weighted by Crippen LogP contribution is 2.25. The largest absolute Gasteiger partial charge is 0.440 e. The average Bonchev–Trinajstić information content (AvgIpc) is 2.88. The number of nitrogens with one attached hydrogen (secondary N) is 1. The van der Waals surface area contributed by atoms with E-state index in [1.807, 2.05) is 36.4 Å². The summed E-state index contributed by atoms with van der Waals surface area (Å²) >= 11 is 1.21. The van der Waals surface area contributed by atoms with Crippen LogP contribution in [0.1, 0.15) is 5.89 Å². The number of rotatable bonds is 3. The maximum Gasteiger partial charge on any atom is 0.205 e. The van der Waals surface area contributed by atoms with Gasteiger partial charge in [0.2, 0.25) is 5.89 Å². The van der Waals surface area contributed by atoms with E-state index in [1.165, 1.54) is 11.8 Å². The van der Waals surface area contributed by atoms with E-state index in [0.29, 0.717) is 11.6 Å². The first-order chi connectivity index (χ1) is 9.72. The van der Waals surface area contributed by atoms with Crippen LogP contribution in [0.25, 0.3) is 22.2 Å². The van der Waals surface area contributed by atoms with Gasteiger partial charge in [0.1, 0.15) is 5.52 Å². The van der Waals surface area contributed by atoms with E-state index in [1.54, 1.807) is 0 Å². The number of amidine groups is 1. The number of benzene rings is 2. The minimum atomic E-state index is 0.0669. The molecule has 0 aliphatic carbocycles. The zero-order valence-corrected chi connectivity index (χ0v) is 11.5. The predicted molar refractivity (Wildman–Crippen MR) is 82.7 cm³/mol. The van der Waals surface area contributed by atoms with Crippen molar-refractivity contribution >= 4 is 28.0 Å². The van der Waals surface area contributed by atoms with Gasteiger partial charge >= 0.3 is 0 Å². The Morgan fingerprint density at radius 1 is 1.15 bits per heavy atom. The van der Waals surface area contributed by atoms with Crippen LogP contribution in [0.4, 0.5) is 0 Å². The topological polar surface area (TPSA) is 75.9 Å². The first-order valence-corrected chi connectivity index (χ1v) is 7.12. The number of thioether (sulfide) groups is 1. The van der Waals surface area contributed by atoms with Crippen LogP contribution in [0.15, 0.2) is 52.9 Å². The molecule has 0 aliphatic rings. The second kappa shape index (κ2) is 5.38. The van der Waals surface area contributed by atoms with E-state index in [4.69, 9.17) is 15.6 Å². The second-order valence-corrected chi connectivity index (χ2v) is 5.33. The smallest absolute Gasteiger partial charge is 0.205 e. The lowest BCUT2D eigenvalue weighted by atomic mass is 10.1. The maximum atomic E-state index is 7.20. The molecule has 0 atom stereocenters. The predicted octanol–water partition coefficient (Wildman–Crippen LogP) is 3.62. The third kappa shape index (κ3) is 2.67. The standard InChI is InChI=1S/C15H13N3OS/c16-15(17)20-9-14-18-12-8-11(6-7-13(12)19-14)10-4-2-1-3-5-10/h1-8H,9H2,(H3,16,17). The van der Waals surface area contributed by atoms with Crippen molar-refractivity contribution in [2.24, 2.45) is 5.73 Å². The third-order valence-corrected chi connectivity index (χ3v) is 3.59. The molecule has 4 nitrogen and oxygen atoms in total. The monoisotopic (exact) mass is 283 g/mol. The summed E-state index contributed by atoms with van der Waals surface area (Å²) in [5.41, 5.74) is 9.15. The summed E-state index contributed by atoms with van der Waals surface area (Å²) in [6.07, 6.45) is 0. The Balaban J connectivity index is 1.93. The molecule has 0 saturated heterocycles. The number of fused-ring (bicyclic) bond motifs is 1. The van der Waals surface area contributed by atoms with Crippen molar-refractivity contribution in [3.8, 4) is 11.1 Å². The Morgan fingerprint density at radius 2 is 1.95 bits per heavy atom. The van der Waals surface area contributed by atoms with Crippen molar-refractivity contribution in [3.63, 3.8) is 0 Å². The first kappa shape index (κ1) is 12.7. The molecule has 0 amide bonds. The molecular formula is C15H13N3OS. The number of hydrogen-bond acceptors (Lipinski definition) is 4. The fraction of sp³-hybridized carbons (Fsp3) is 0.0667. The Hall–Kier alpha value is -2.27. The number of nitrogens with zero attached hydrogens (tertiary/aromatic N) is 1. The third-order valence-electron chi connectivity index (χ3n) is 2.89. The van der Waals surface area contributed by atoms with E-state index in [9.17, 15) is 0 Å². The highest BCUT2D eigenvalue weighted by atomic mass is 32.2. The van der Waals surface area contributed by atoms with E-state index < -0.39 is 0 Å². The molecule has 0 bridgehead atoms. The molecular weight excluding hydrogens is 270 g/mol. The van der Waals surface area contributed by atoms with Crippen molar-refractivity contribution in [2.45, 2.75) is 5.75 Å². The molecule has 0 saturated carbocycles. The van der Waals surface area contributed by atoms with Gasteiger partial charge in [-0.25, -0.2) is 4.98 Å². The molecule has 20 heavy (non-hydrogen) atoms. The van der Waals surface area contributed by atoms with E-state index in [2.05, 4.69) is 17.1 Å². The fourth-order valence-electron chi connectivity index (χ4n) is 1.99. The summed E-state index contributed by atoms with van der Waals surface area (Å²) in [6.45, 7) is 0. The van der Waals surface area contributed by atoms with Crippen LogP contribution in [0, 0.1) is 5.41 Å². The van der Waals surface area contributed by atoms with Gasteiger partial charge in [-0.15, -0.1) is 0 Å². The fourth-order valence-corrected chi connectivity index (χ4v) is 2.39. The zero-order valence-electron chi connectivity index (χ0n) is 10.7. The summed E-state index contributed by atoms with van der Waals surface area (Å²) < 4.78 is 5.63. The quantitative estimate of drug-likeness (QED) is 0.568. The van der Waals surface area contributed by atoms with Gasteiger partial charge in [-0.2, -0.15) is 0 Å². The lowest BCUT2D eigenvalue weighted by Crippen LogP contribution is -2.03. The van der Waals surface area contributed by atoms with E-state index in [-0.39, 0.29) is 5.17 Å². The normalized spacial score (nSPS) is 10.8. The van der Waals surface area contributed by atoms with Crippen LogP contribution < -0.4 is 5.73 Å². The van der Waals surface area contributed by atoms with Gasteiger partial charge < -0.3 is 10.2 Å². The number of oxazole rings is 1. The Kier molecular flexibility index (Phi) is 3.43. The van der Waals surface area contributed by atoms with Gasteiger partial charge in [0.25, 0.3) is 0 Å². The molecule has 1 heterocycles. The molecule has 3 aromatic rings. The van der Waals surface area contributed by atoms with Crippen LogP contribution in [-0.4, -0.2) is 10.2 Å². The van der Waals surface area contributed by atoms with Crippen LogP contribution in [-0.2, 0) is 5.75 Å². The molecule has 3 rings (SSSR count). The zero-order chi connectivity index (χ0) is 13.9. The van der Waals surface area contributed by atoms with Crippen molar-refractivity contribution < 1.29 is 4.42 Å². The highest BCUT2D eigenvalue weighted by Gasteiger charge is 2.08. The minimum absolute atomic E-state index is 0.0669. The van der Waals surface area contributed by atoms with Gasteiger partial charge in [0.15, 0.2) is 10.8 Å². The maximum absolute atomic E-state index is 7.20. The highest BCUT2D eigenvalue weighted by molar-refractivity contribution is 8.12. The van der Waals surface area contributed by atoms with Crippen LogP contribution in [0.2, 0.25) is 0 Å². The molecule has 0 aliphatic heterocycles. The van der Waals surface area contributed by atoms with Crippen LogP contribution in [0.5, 0.6) is 0 Å². The van der Waals surface area contributed by atoms with Gasteiger partial charge in [-0.3, -0.25) is 5.41 Å². The second-order valence-electron chi connectivity index (χ2n) is 4.31. The SMILES string of the molecule is N=C(N)SCc1nc2cc(-c3ccccc3)ccc2o1. The summed E-state index contributed by atoms with van der Waals surface area (Å²) in [7, 11) is 0. The lowest BCUT2D eigenvalue weighted by Gasteiger charge is -1.99. The molecule has 3 N–H and O–H groups in total. The van der Waals surface area contributed by atoms with Crippen molar-refractivity contribution in [2.75, 3.05) is 0 Å². The van der Waals surface area contributed by atoms with E-state index in [0.717, 1.165) is 22.2 Å². The summed E-state index contributed by atoms with van der Waals surface area (Å²) in [5.74, 6) is 1.07. The molecule has 0 radical (unpaired) electrons. The molecule has 5 heteroatoms. The van der Waals surface area contributed by atoms with Gasteiger partial charge in [-0.1, -0.05) is 48.2 Å². The molecule has 0 spiro atoms. The average molecular weight is 283 g/mol. The molecule has 1 aromatic heterocycles. The molecule has 0 fully saturated rings. The van der Waals surface area contributed by atoms with Crippen LogP contribution in [0.3, 0.4) is 0 Å². The lowest BCUT2D eigenvalue weighted by molar-refractivity contribution is 0.556. The summed E-state index contributed by atoms with van der Waals surface area (Å²) in [6, 6.07) is 16.1. The number of aromatic nitrogens is 1. The Labute approximate surface area is 120 Å². The summed E-state index contributed by atoms with van der Waals surface area (Å²) in [5, 5.41) is 7.26. The summed E-state index contributed by atoms with van der Waals surface area (Å²) in [4.78, 5) is 4.43. The van der Waals surface area contributed by atoms with Crippen molar-refractivity contribution in [3.05, 3.63) is 54.4 Å². The van der Waals surface area contributed by atoms with Gasteiger partial charge in [0.05, 0.1) is 5.75 Å². The Bertz CT molecular complexity index is 752. The molecule has 0 unspecified atom stereocenters. The number of nitrogens with two attached hydrogens (primary N) is 1.